The Morgan fingerprint density at radius 1 is 0.914 bits per heavy atom. The van der Waals surface area contributed by atoms with Crippen LogP contribution in [0.5, 0.6) is 5.75 Å². The van der Waals surface area contributed by atoms with Crippen LogP contribution in [0.25, 0.3) is 22.3 Å². The van der Waals surface area contributed by atoms with Crippen LogP contribution in [0.2, 0.25) is 0 Å². The molecule has 0 aliphatic rings. The molecule has 5 heteroatoms. The first-order valence-corrected chi connectivity index (χ1v) is 12.0. The summed E-state index contributed by atoms with van der Waals surface area (Å²) in [5.74, 6) is -0.329. The number of aryl methyl sites for hydroxylation is 1. The summed E-state index contributed by atoms with van der Waals surface area (Å²) in [7, 11) is 0. The van der Waals surface area contributed by atoms with Crippen LogP contribution in [0.15, 0.2) is 72.8 Å². The second-order valence-electron chi connectivity index (χ2n) is 8.60. The molecule has 184 valence electrons. The number of benzene rings is 3. The van der Waals surface area contributed by atoms with Crippen LogP contribution in [0, 0.1) is 5.82 Å². The topological polar surface area (TPSA) is 55.8 Å². The Morgan fingerprint density at radius 3 is 2.26 bits per heavy atom. The van der Waals surface area contributed by atoms with Gasteiger partial charge in [-0.1, -0.05) is 74.9 Å². The lowest BCUT2D eigenvalue weighted by molar-refractivity contribution is -0.139. The van der Waals surface area contributed by atoms with Crippen LogP contribution < -0.4 is 4.74 Å². The SMILES string of the molecule is C=C(C)C(=O)OCCOc1cc(CO)ccc1-c1ccc(-c2ccc(CCCCC)cc2)c(F)c1. The maximum absolute atomic E-state index is 15.2. The van der Waals surface area contributed by atoms with Gasteiger partial charge in [-0.25, -0.2) is 9.18 Å². The van der Waals surface area contributed by atoms with Crippen molar-refractivity contribution in [2.45, 2.75) is 46.1 Å². The van der Waals surface area contributed by atoms with Gasteiger partial charge >= 0.3 is 5.97 Å². The normalized spacial score (nSPS) is 10.7. The number of halogens is 1. The zero-order chi connectivity index (χ0) is 25.2. The molecule has 0 heterocycles. The largest absolute Gasteiger partial charge is 0.489 e. The molecule has 0 aliphatic heterocycles. The lowest BCUT2D eigenvalue weighted by Gasteiger charge is -2.14. The number of aliphatic hydroxyl groups excluding tert-OH is 1. The Kier molecular flexibility index (Phi) is 9.62. The average molecular weight is 477 g/mol. The molecule has 35 heavy (non-hydrogen) atoms. The maximum Gasteiger partial charge on any atom is 0.333 e. The Labute approximate surface area is 207 Å². The van der Waals surface area contributed by atoms with Crippen LogP contribution in [0.1, 0.15) is 44.2 Å². The van der Waals surface area contributed by atoms with E-state index in [0.717, 1.165) is 18.4 Å². The van der Waals surface area contributed by atoms with Gasteiger partial charge in [0.05, 0.1) is 6.61 Å². The van der Waals surface area contributed by atoms with E-state index in [4.69, 9.17) is 9.47 Å². The van der Waals surface area contributed by atoms with Crippen molar-refractivity contribution in [2.75, 3.05) is 13.2 Å². The predicted molar refractivity (Wildman–Crippen MR) is 138 cm³/mol. The third-order valence-electron chi connectivity index (χ3n) is 5.77. The first-order valence-electron chi connectivity index (χ1n) is 12.0. The highest BCUT2D eigenvalue weighted by Crippen LogP contribution is 2.34. The average Bonchev–Trinajstić information content (AvgIpc) is 2.87. The van der Waals surface area contributed by atoms with Crippen LogP contribution >= 0.6 is 0 Å². The highest BCUT2D eigenvalue weighted by atomic mass is 19.1. The molecule has 4 nitrogen and oxygen atoms in total. The highest BCUT2D eigenvalue weighted by Gasteiger charge is 2.13. The van der Waals surface area contributed by atoms with E-state index in [0.29, 0.717) is 33.6 Å². The van der Waals surface area contributed by atoms with Gasteiger partial charge in [-0.05, 0) is 54.2 Å². The molecule has 3 aromatic rings. The van der Waals surface area contributed by atoms with Crippen molar-refractivity contribution in [3.8, 4) is 28.0 Å². The van der Waals surface area contributed by atoms with Gasteiger partial charge in [0.25, 0.3) is 0 Å². The van der Waals surface area contributed by atoms with E-state index in [1.165, 1.54) is 24.5 Å². The number of aliphatic hydroxyl groups is 1. The third kappa shape index (κ3) is 7.27. The van der Waals surface area contributed by atoms with Crippen molar-refractivity contribution in [3.63, 3.8) is 0 Å². The van der Waals surface area contributed by atoms with Gasteiger partial charge in [-0.15, -0.1) is 0 Å². The number of carbonyl (C=O) groups excluding carboxylic acids is 1. The van der Waals surface area contributed by atoms with E-state index < -0.39 is 5.97 Å². The minimum atomic E-state index is -0.482. The number of ether oxygens (including phenoxy) is 2. The van der Waals surface area contributed by atoms with Gasteiger partial charge in [0.15, 0.2) is 0 Å². The van der Waals surface area contributed by atoms with Gasteiger partial charge in [0.1, 0.15) is 24.8 Å². The lowest BCUT2D eigenvalue weighted by atomic mass is 9.97. The van der Waals surface area contributed by atoms with E-state index in [1.54, 1.807) is 31.2 Å². The summed E-state index contributed by atoms with van der Waals surface area (Å²) in [6, 6.07) is 18.5. The van der Waals surface area contributed by atoms with E-state index in [1.807, 2.05) is 18.2 Å². The second-order valence-corrected chi connectivity index (χ2v) is 8.60. The lowest BCUT2D eigenvalue weighted by Crippen LogP contribution is -2.12. The van der Waals surface area contributed by atoms with Crippen molar-refractivity contribution in [3.05, 3.63) is 89.8 Å². The fourth-order valence-electron chi connectivity index (χ4n) is 3.78. The zero-order valence-corrected chi connectivity index (χ0v) is 20.5. The summed E-state index contributed by atoms with van der Waals surface area (Å²) >= 11 is 0. The minimum Gasteiger partial charge on any atom is -0.489 e. The van der Waals surface area contributed by atoms with Gasteiger partial charge < -0.3 is 14.6 Å². The summed E-state index contributed by atoms with van der Waals surface area (Å²) in [6.45, 7) is 7.33. The van der Waals surface area contributed by atoms with Crippen LogP contribution in [0.3, 0.4) is 0 Å². The summed E-state index contributed by atoms with van der Waals surface area (Å²) in [5.41, 5.74) is 4.95. The van der Waals surface area contributed by atoms with E-state index in [9.17, 15) is 9.90 Å². The van der Waals surface area contributed by atoms with Crippen LogP contribution in [-0.4, -0.2) is 24.3 Å². The molecule has 0 unspecified atom stereocenters. The number of unbranched alkanes of at least 4 members (excludes halogenated alkanes) is 2. The van der Waals surface area contributed by atoms with Crippen LogP contribution in [-0.2, 0) is 22.6 Å². The number of carbonyl (C=O) groups is 1. The molecule has 0 radical (unpaired) electrons. The molecule has 0 aliphatic carbocycles. The number of hydrogen-bond donors (Lipinski definition) is 1. The third-order valence-corrected chi connectivity index (χ3v) is 5.77. The predicted octanol–water partition coefficient (Wildman–Crippen LogP) is 6.88. The molecular formula is C30H33FO4. The Hall–Kier alpha value is -3.44. The fourth-order valence-corrected chi connectivity index (χ4v) is 3.78. The maximum atomic E-state index is 15.2. The minimum absolute atomic E-state index is 0.0518. The van der Waals surface area contributed by atoms with Crippen molar-refractivity contribution in [1.82, 2.24) is 0 Å². The summed E-state index contributed by atoms with van der Waals surface area (Å²) in [6.07, 6.45) is 4.60. The summed E-state index contributed by atoms with van der Waals surface area (Å²) in [5, 5.41) is 9.52. The van der Waals surface area contributed by atoms with Crippen molar-refractivity contribution in [1.29, 1.82) is 0 Å². The fraction of sp³-hybridized carbons (Fsp3) is 0.300. The van der Waals surface area contributed by atoms with Crippen molar-refractivity contribution >= 4 is 5.97 Å². The Bertz CT molecular complexity index is 1150. The summed E-state index contributed by atoms with van der Waals surface area (Å²) < 4.78 is 26.1. The highest BCUT2D eigenvalue weighted by molar-refractivity contribution is 5.86. The zero-order valence-electron chi connectivity index (χ0n) is 20.5. The number of rotatable bonds is 12. The molecule has 0 bridgehead atoms. The molecular weight excluding hydrogens is 443 g/mol. The molecule has 0 atom stereocenters. The molecule has 0 spiro atoms. The standard InChI is InChI=1S/C30H33FO4/c1-4-5-6-7-22-8-11-24(12-9-22)26-15-13-25(19-28(26)31)27-14-10-23(20-32)18-29(27)34-16-17-35-30(33)21(2)3/h8-15,18-19,32H,2,4-7,16-17,20H2,1,3H3. The van der Waals surface area contributed by atoms with Crippen LogP contribution in [0.4, 0.5) is 4.39 Å². The molecule has 0 saturated carbocycles. The van der Waals surface area contributed by atoms with Gasteiger partial charge in [0.2, 0.25) is 0 Å². The van der Waals surface area contributed by atoms with Crippen molar-refractivity contribution in [2.24, 2.45) is 0 Å². The first-order chi connectivity index (χ1) is 16.9. The second kappa shape index (κ2) is 12.9. The molecule has 0 amide bonds. The van der Waals surface area contributed by atoms with E-state index in [2.05, 4.69) is 25.6 Å². The molecule has 3 rings (SSSR count). The first kappa shape index (κ1) is 26.2. The van der Waals surface area contributed by atoms with E-state index in [-0.39, 0.29) is 25.6 Å². The number of esters is 1. The van der Waals surface area contributed by atoms with Gasteiger partial charge in [-0.3, -0.25) is 0 Å². The Balaban J connectivity index is 1.77. The monoisotopic (exact) mass is 476 g/mol. The van der Waals surface area contributed by atoms with Gasteiger partial charge in [-0.2, -0.15) is 0 Å². The Morgan fingerprint density at radius 2 is 1.60 bits per heavy atom. The molecule has 0 saturated heterocycles. The molecule has 0 fully saturated rings. The number of hydrogen-bond acceptors (Lipinski definition) is 4. The molecule has 3 aromatic carbocycles. The molecule has 1 N–H and O–H groups in total. The summed E-state index contributed by atoms with van der Waals surface area (Å²) in [4.78, 5) is 11.6. The van der Waals surface area contributed by atoms with E-state index >= 15 is 4.39 Å². The molecule has 0 aromatic heterocycles. The quantitative estimate of drug-likeness (QED) is 0.176. The smallest absolute Gasteiger partial charge is 0.333 e. The van der Waals surface area contributed by atoms with Crippen molar-refractivity contribution < 1.29 is 23.8 Å². The van der Waals surface area contributed by atoms with Gasteiger partial charge in [0, 0.05) is 16.7 Å².